The summed E-state index contributed by atoms with van der Waals surface area (Å²) < 4.78 is 7.81. The molecule has 1 aromatic carbocycles. The summed E-state index contributed by atoms with van der Waals surface area (Å²) in [5.41, 5.74) is 2.34. The minimum Gasteiger partial charge on any atom is -0.497 e. The maximum atomic E-state index is 12.2. The standard InChI is InChI=1S/C14H15BrN2O2/c1-9-4-7-13(17(9)2)14(18)16-12-8-10(19-3)5-6-11(12)15/h4-8H,1-3H3,(H,16,18). The van der Waals surface area contributed by atoms with Crippen LogP contribution >= 0.6 is 15.9 Å². The lowest BCUT2D eigenvalue weighted by Gasteiger charge is -2.10. The molecule has 2 aromatic rings. The molecule has 0 saturated heterocycles. The number of rotatable bonds is 3. The summed E-state index contributed by atoms with van der Waals surface area (Å²) >= 11 is 3.41. The van der Waals surface area contributed by atoms with Crippen molar-refractivity contribution in [3.05, 3.63) is 46.2 Å². The van der Waals surface area contributed by atoms with Gasteiger partial charge in [-0.2, -0.15) is 0 Å². The number of anilines is 1. The van der Waals surface area contributed by atoms with Crippen molar-refractivity contribution in [2.45, 2.75) is 6.92 Å². The Morgan fingerprint density at radius 1 is 1.32 bits per heavy atom. The Kier molecular flexibility index (Phi) is 3.95. The molecule has 1 aromatic heterocycles. The molecule has 0 radical (unpaired) electrons. The first-order valence-electron chi connectivity index (χ1n) is 5.80. The van der Waals surface area contributed by atoms with Gasteiger partial charge in [0.25, 0.3) is 5.91 Å². The third-order valence-corrected chi connectivity index (χ3v) is 3.72. The monoisotopic (exact) mass is 322 g/mol. The zero-order valence-electron chi connectivity index (χ0n) is 11.0. The van der Waals surface area contributed by atoms with Gasteiger partial charge in [0, 0.05) is 23.3 Å². The summed E-state index contributed by atoms with van der Waals surface area (Å²) in [5, 5.41) is 2.87. The van der Waals surface area contributed by atoms with Crippen LogP contribution in [0.3, 0.4) is 0 Å². The number of carbonyl (C=O) groups is 1. The van der Waals surface area contributed by atoms with Gasteiger partial charge in [0.15, 0.2) is 0 Å². The molecule has 0 fully saturated rings. The van der Waals surface area contributed by atoms with E-state index in [0.717, 1.165) is 10.2 Å². The Labute approximate surface area is 120 Å². The molecule has 0 aliphatic heterocycles. The van der Waals surface area contributed by atoms with Crippen molar-refractivity contribution in [2.75, 3.05) is 12.4 Å². The first-order chi connectivity index (χ1) is 9.02. The van der Waals surface area contributed by atoms with Crippen LogP contribution in [0.15, 0.2) is 34.8 Å². The van der Waals surface area contributed by atoms with Crippen molar-refractivity contribution in [3.63, 3.8) is 0 Å². The number of nitrogens with one attached hydrogen (secondary N) is 1. The Hall–Kier alpha value is -1.75. The average molecular weight is 323 g/mol. The highest BCUT2D eigenvalue weighted by Crippen LogP contribution is 2.27. The fraction of sp³-hybridized carbons (Fsp3) is 0.214. The summed E-state index contributed by atoms with van der Waals surface area (Å²) in [7, 11) is 3.46. The SMILES string of the molecule is COc1ccc(Br)c(NC(=O)c2ccc(C)n2C)c1. The number of ether oxygens (including phenoxy) is 1. The molecule has 100 valence electrons. The summed E-state index contributed by atoms with van der Waals surface area (Å²) in [6.45, 7) is 1.96. The van der Waals surface area contributed by atoms with Crippen LogP contribution in [-0.4, -0.2) is 17.6 Å². The lowest BCUT2D eigenvalue weighted by atomic mass is 10.3. The van der Waals surface area contributed by atoms with E-state index >= 15 is 0 Å². The molecule has 0 aliphatic rings. The Morgan fingerprint density at radius 2 is 2.05 bits per heavy atom. The predicted octanol–water partition coefficient (Wildman–Crippen LogP) is 3.36. The topological polar surface area (TPSA) is 43.3 Å². The van der Waals surface area contributed by atoms with E-state index < -0.39 is 0 Å². The van der Waals surface area contributed by atoms with E-state index in [1.807, 2.05) is 36.7 Å². The van der Waals surface area contributed by atoms with Gasteiger partial charge in [-0.25, -0.2) is 0 Å². The van der Waals surface area contributed by atoms with Crippen molar-refractivity contribution in [1.82, 2.24) is 4.57 Å². The third kappa shape index (κ3) is 2.81. The van der Waals surface area contributed by atoms with Crippen molar-refractivity contribution in [2.24, 2.45) is 7.05 Å². The van der Waals surface area contributed by atoms with E-state index in [9.17, 15) is 4.79 Å². The van der Waals surface area contributed by atoms with E-state index in [1.54, 1.807) is 19.2 Å². The first kappa shape index (κ1) is 13.7. The fourth-order valence-electron chi connectivity index (χ4n) is 1.75. The largest absolute Gasteiger partial charge is 0.497 e. The molecule has 1 N–H and O–H groups in total. The third-order valence-electron chi connectivity index (χ3n) is 3.03. The number of aromatic nitrogens is 1. The molecule has 5 heteroatoms. The number of halogens is 1. The zero-order valence-corrected chi connectivity index (χ0v) is 12.6. The number of hydrogen-bond acceptors (Lipinski definition) is 2. The number of carbonyl (C=O) groups excluding carboxylic acids is 1. The molecule has 2 rings (SSSR count). The van der Waals surface area contributed by atoms with Gasteiger partial charge in [-0.15, -0.1) is 0 Å². The highest BCUT2D eigenvalue weighted by atomic mass is 79.9. The van der Waals surface area contributed by atoms with Gasteiger partial charge in [0.2, 0.25) is 0 Å². The molecule has 4 nitrogen and oxygen atoms in total. The van der Waals surface area contributed by atoms with Gasteiger partial charge in [-0.1, -0.05) is 0 Å². The van der Waals surface area contributed by atoms with E-state index in [0.29, 0.717) is 17.1 Å². The van der Waals surface area contributed by atoms with Crippen LogP contribution in [0.2, 0.25) is 0 Å². The number of aryl methyl sites for hydroxylation is 1. The van der Waals surface area contributed by atoms with Crippen LogP contribution in [0, 0.1) is 6.92 Å². The predicted molar refractivity (Wildman–Crippen MR) is 78.8 cm³/mol. The van der Waals surface area contributed by atoms with Crippen molar-refractivity contribution >= 4 is 27.5 Å². The lowest BCUT2D eigenvalue weighted by Crippen LogP contribution is -2.16. The minimum absolute atomic E-state index is 0.149. The molecule has 0 aliphatic carbocycles. The zero-order chi connectivity index (χ0) is 14.0. The van der Waals surface area contributed by atoms with Crippen molar-refractivity contribution in [1.29, 1.82) is 0 Å². The molecule has 0 unspecified atom stereocenters. The van der Waals surface area contributed by atoms with Gasteiger partial charge in [-0.05, 0) is 47.1 Å². The fourth-order valence-corrected chi connectivity index (χ4v) is 2.10. The number of hydrogen-bond donors (Lipinski definition) is 1. The van der Waals surface area contributed by atoms with Crippen molar-refractivity contribution < 1.29 is 9.53 Å². The Bertz CT molecular complexity index is 620. The number of benzene rings is 1. The molecule has 0 spiro atoms. The number of nitrogens with zero attached hydrogens (tertiary/aromatic N) is 1. The molecule has 1 heterocycles. The summed E-state index contributed by atoms with van der Waals surface area (Å²) in [5.74, 6) is 0.547. The molecule has 19 heavy (non-hydrogen) atoms. The van der Waals surface area contributed by atoms with E-state index in [1.165, 1.54) is 0 Å². The molecule has 0 atom stereocenters. The van der Waals surface area contributed by atoms with E-state index in [2.05, 4.69) is 21.2 Å². The molecule has 0 saturated carbocycles. The smallest absolute Gasteiger partial charge is 0.272 e. The Morgan fingerprint density at radius 3 is 2.63 bits per heavy atom. The first-order valence-corrected chi connectivity index (χ1v) is 6.59. The molecular weight excluding hydrogens is 308 g/mol. The van der Waals surface area contributed by atoms with Gasteiger partial charge in [0.05, 0.1) is 12.8 Å². The van der Waals surface area contributed by atoms with E-state index in [4.69, 9.17) is 4.74 Å². The number of methoxy groups -OCH3 is 1. The van der Waals surface area contributed by atoms with Crippen LogP contribution in [0.1, 0.15) is 16.2 Å². The van der Waals surface area contributed by atoms with Gasteiger partial charge < -0.3 is 14.6 Å². The van der Waals surface area contributed by atoms with E-state index in [-0.39, 0.29) is 5.91 Å². The second-order valence-electron chi connectivity index (χ2n) is 4.22. The highest BCUT2D eigenvalue weighted by Gasteiger charge is 2.13. The van der Waals surface area contributed by atoms with Crippen LogP contribution in [0.4, 0.5) is 5.69 Å². The highest BCUT2D eigenvalue weighted by molar-refractivity contribution is 9.10. The molecular formula is C14H15BrN2O2. The van der Waals surface area contributed by atoms with Gasteiger partial charge in [-0.3, -0.25) is 4.79 Å². The van der Waals surface area contributed by atoms with Gasteiger partial charge in [0.1, 0.15) is 11.4 Å². The van der Waals surface area contributed by atoms with Crippen LogP contribution < -0.4 is 10.1 Å². The maximum absolute atomic E-state index is 12.2. The summed E-state index contributed by atoms with van der Waals surface area (Å²) in [6, 6.07) is 9.16. The average Bonchev–Trinajstić information content (AvgIpc) is 2.73. The quantitative estimate of drug-likeness (QED) is 0.941. The maximum Gasteiger partial charge on any atom is 0.272 e. The van der Waals surface area contributed by atoms with Crippen molar-refractivity contribution in [3.8, 4) is 5.75 Å². The van der Waals surface area contributed by atoms with Crippen LogP contribution in [0.25, 0.3) is 0 Å². The second-order valence-corrected chi connectivity index (χ2v) is 5.07. The van der Waals surface area contributed by atoms with Crippen LogP contribution in [-0.2, 0) is 7.05 Å². The summed E-state index contributed by atoms with van der Waals surface area (Å²) in [4.78, 5) is 12.2. The molecule has 1 amide bonds. The van der Waals surface area contributed by atoms with Crippen LogP contribution in [0.5, 0.6) is 5.75 Å². The number of amides is 1. The molecule has 0 bridgehead atoms. The lowest BCUT2D eigenvalue weighted by molar-refractivity contribution is 0.101. The van der Waals surface area contributed by atoms with Gasteiger partial charge >= 0.3 is 0 Å². The minimum atomic E-state index is -0.149. The Balaban J connectivity index is 2.26. The second kappa shape index (κ2) is 5.48. The normalized spacial score (nSPS) is 10.3. The summed E-state index contributed by atoms with van der Waals surface area (Å²) in [6.07, 6.45) is 0.